The molecule has 0 aromatic rings. The summed E-state index contributed by atoms with van der Waals surface area (Å²) in [5, 5.41) is 0. The topological polar surface area (TPSA) is 55.4 Å². The van der Waals surface area contributed by atoms with Gasteiger partial charge in [-0.05, 0) is 22.9 Å². The minimum absolute atomic E-state index is 0.0596. The third-order valence-corrected chi connectivity index (χ3v) is 0.751. The number of rotatable bonds is 2. The van der Waals surface area contributed by atoms with Gasteiger partial charge in [0.1, 0.15) is 5.70 Å². The van der Waals surface area contributed by atoms with Gasteiger partial charge in [-0.3, -0.25) is 4.79 Å². The van der Waals surface area contributed by atoms with Crippen LogP contribution in [0.4, 0.5) is 0 Å². The first kappa shape index (κ1) is 8.36. The fraction of sp³-hybridized carbons (Fsp3) is 0.200. The maximum atomic E-state index is 10.2. The number of nitrogens with zero attached hydrogens (tertiary/aromatic N) is 1. The summed E-state index contributed by atoms with van der Waals surface area (Å²) in [6.45, 7) is 4.99. The molecule has 0 rings (SSSR count). The molecule has 0 aromatic heterocycles. The summed E-state index contributed by atoms with van der Waals surface area (Å²) in [5.41, 5.74) is 4.88. The smallest absolute Gasteiger partial charge is 0.266 e. The number of carbonyl (C=O) groups is 1. The van der Waals surface area contributed by atoms with E-state index in [1.165, 1.54) is 0 Å². The van der Waals surface area contributed by atoms with Crippen molar-refractivity contribution >= 4 is 26.5 Å². The zero-order valence-electron chi connectivity index (χ0n) is 5.02. The Morgan fingerprint density at radius 1 is 1.78 bits per heavy atom. The first-order valence-electron chi connectivity index (χ1n) is 2.23. The van der Waals surface area contributed by atoms with E-state index in [1.807, 2.05) is 0 Å². The van der Waals surface area contributed by atoms with Crippen LogP contribution in [0.1, 0.15) is 6.92 Å². The third kappa shape index (κ3) is 3.90. The van der Waals surface area contributed by atoms with Crippen molar-refractivity contribution in [3.8, 4) is 0 Å². The zero-order chi connectivity index (χ0) is 7.44. The van der Waals surface area contributed by atoms with E-state index in [1.54, 1.807) is 6.92 Å². The van der Waals surface area contributed by atoms with Crippen LogP contribution in [0.3, 0.4) is 0 Å². The molecule has 0 bridgehead atoms. The molecule has 1 amide bonds. The van der Waals surface area contributed by atoms with Gasteiger partial charge in [-0.15, -0.1) is 0 Å². The van der Waals surface area contributed by atoms with Gasteiger partial charge in [-0.2, -0.15) is 0 Å². The van der Waals surface area contributed by atoms with Crippen LogP contribution in [0.2, 0.25) is 0 Å². The van der Waals surface area contributed by atoms with Crippen LogP contribution in [0.25, 0.3) is 0 Å². The molecule has 0 aliphatic heterocycles. The molecule has 0 aliphatic rings. The number of nitrogens with two attached hydrogens (primary N) is 1. The standard InChI is InChI=1S/C5H7BrN2O/c1-3(5(7)9)8-4(2)6/h1H2,2H3,(H2,7,9). The molecule has 0 fully saturated rings. The predicted molar refractivity (Wildman–Crippen MR) is 40.4 cm³/mol. The molecular formula is C5H7BrN2O. The molecule has 0 aromatic carbocycles. The first-order chi connectivity index (χ1) is 4.04. The van der Waals surface area contributed by atoms with Gasteiger partial charge in [0.05, 0.1) is 4.62 Å². The Kier molecular flexibility index (Phi) is 3.16. The minimum atomic E-state index is -0.603. The summed E-state index contributed by atoms with van der Waals surface area (Å²) in [7, 11) is 0. The van der Waals surface area contributed by atoms with Crippen molar-refractivity contribution in [1.29, 1.82) is 0 Å². The fourth-order valence-electron chi connectivity index (χ4n) is 0.241. The van der Waals surface area contributed by atoms with E-state index in [-0.39, 0.29) is 5.70 Å². The van der Waals surface area contributed by atoms with Gasteiger partial charge in [-0.25, -0.2) is 4.99 Å². The Balaban J connectivity index is 4.09. The van der Waals surface area contributed by atoms with Crippen molar-refractivity contribution in [2.45, 2.75) is 6.92 Å². The lowest BCUT2D eigenvalue weighted by atomic mass is 10.5. The molecule has 3 nitrogen and oxygen atoms in total. The van der Waals surface area contributed by atoms with Crippen LogP contribution < -0.4 is 5.73 Å². The van der Waals surface area contributed by atoms with Crippen molar-refractivity contribution < 1.29 is 4.79 Å². The highest BCUT2D eigenvalue weighted by atomic mass is 79.9. The molecule has 0 radical (unpaired) electrons. The lowest BCUT2D eigenvalue weighted by Gasteiger charge is -1.89. The van der Waals surface area contributed by atoms with Gasteiger partial charge < -0.3 is 5.73 Å². The fourth-order valence-corrected chi connectivity index (χ4v) is 0.455. The molecule has 2 N–H and O–H groups in total. The lowest BCUT2D eigenvalue weighted by Crippen LogP contribution is -2.11. The van der Waals surface area contributed by atoms with E-state index in [4.69, 9.17) is 5.73 Å². The summed E-state index contributed by atoms with van der Waals surface area (Å²) in [6.07, 6.45) is 0. The van der Waals surface area contributed by atoms with Crippen LogP contribution in [-0.4, -0.2) is 10.5 Å². The minimum Gasteiger partial charge on any atom is -0.364 e. The number of primary amides is 1. The first-order valence-corrected chi connectivity index (χ1v) is 3.03. The number of aliphatic imine (C=N–C) groups is 1. The SMILES string of the molecule is C=C(N=C(C)Br)C(N)=O. The largest absolute Gasteiger partial charge is 0.364 e. The summed E-state index contributed by atoms with van der Waals surface area (Å²) < 4.78 is 0.589. The van der Waals surface area contributed by atoms with E-state index in [2.05, 4.69) is 27.5 Å². The Morgan fingerprint density at radius 2 is 2.22 bits per heavy atom. The van der Waals surface area contributed by atoms with E-state index >= 15 is 0 Å². The van der Waals surface area contributed by atoms with Crippen LogP contribution in [0.5, 0.6) is 0 Å². The maximum absolute atomic E-state index is 10.2. The van der Waals surface area contributed by atoms with Gasteiger partial charge in [0, 0.05) is 0 Å². The highest BCUT2D eigenvalue weighted by molar-refractivity contribution is 9.18. The normalized spacial score (nSPS) is 11.1. The Hall–Kier alpha value is -0.640. The van der Waals surface area contributed by atoms with Crippen molar-refractivity contribution in [2.75, 3.05) is 0 Å². The van der Waals surface area contributed by atoms with E-state index < -0.39 is 5.91 Å². The molecule has 4 heteroatoms. The predicted octanol–water partition coefficient (Wildman–Crippen LogP) is 0.799. The van der Waals surface area contributed by atoms with E-state index in [0.29, 0.717) is 4.62 Å². The second-order valence-electron chi connectivity index (χ2n) is 1.42. The monoisotopic (exact) mass is 190 g/mol. The van der Waals surface area contributed by atoms with Crippen molar-refractivity contribution in [3.05, 3.63) is 12.3 Å². The van der Waals surface area contributed by atoms with Gasteiger partial charge in [-0.1, -0.05) is 6.58 Å². The van der Waals surface area contributed by atoms with Crippen molar-refractivity contribution in [1.82, 2.24) is 0 Å². The second kappa shape index (κ2) is 3.40. The van der Waals surface area contributed by atoms with Crippen LogP contribution in [0, 0.1) is 0 Å². The summed E-state index contributed by atoms with van der Waals surface area (Å²) >= 11 is 3.02. The highest BCUT2D eigenvalue weighted by Crippen LogP contribution is 1.95. The van der Waals surface area contributed by atoms with Crippen LogP contribution in [-0.2, 0) is 4.79 Å². The van der Waals surface area contributed by atoms with Gasteiger partial charge in [0.25, 0.3) is 5.91 Å². The molecule has 0 aliphatic carbocycles. The van der Waals surface area contributed by atoms with E-state index in [0.717, 1.165) is 0 Å². The number of carbonyl (C=O) groups excluding carboxylic acids is 1. The molecule has 0 unspecified atom stereocenters. The maximum Gasteiger partial charge on any atom is 0.266 e. The molecule has 0 spiro atoms. The van der Waals surface area contributed by atoms with Crippen molar-refractivity contribution in [3.63, 3.8) is 0 Å². The summed E-state index contributed by atoms with van der Waals surface area (Å²) in [4.78, 5) is 13.9. The molecular weight excluding hydrogens is 184 g/mol. The van der Waals surface area contributed by atoms with E-state index in [9.17, 15) is 4.79 Å². The van der Waals surface area contributed by atoms with Gasteiger partial charge in [0.15, 0.2) is 0 Å². The molecule has 9 heavy (non-hydrogen) atoms. The summed E-state index contributed by atoms with van der Waals surface area (Å²) in [6, 6.07) is 0. The van der Waals surface area contributed by atoms with Crippen molar-refractivity contribution in [2.24, 2.45) is 10.7 Å². The summed E-state index contributed by atoms with van der Waals surface area (Å²) in [5.74, 6) is -0.603. The second-order valence-corrected chi connectivity index (χ2v) is 2.57. The Bertz CT molecular complexity index is 170. The van der Waals surface area contributed by atoms with Crippen LogP contribution >= 0.6 is 15.9 Å². The molecule has 0 saturated heterocycles. The van der Waals surface area contributed by atoms with Gasteiger partial charge in [0.2, 0.25) is 0 Å². The number of hydrogen-bond acceptors (Lipinski definition) is 2. The molecule has 50 valence electrons. The number of amides is 1. The Morgan fingerprint density at radius 3 is 2.33 bits per heavy atom. The third-order valence-electron chi connectivity index (χ3n) is 0.573. The average molecular weight is 191 g/mol. The Labute approximate surface area is 61.8 Å². The highest BCUT2D eigenvalue weighted by Gasteiger charge is 1.96. The molecule has 0 heterocycles. The van der Waals surface area contributed by atoms with Gasteiger partial charge >= 0.3 is 0 Å². The lowest BCUT2D eigenvalue weighted by molar-refractivity contribution is -0.114. The molecule has 0 atom stereocenters. The zero-order valence-corrected chi connectivity index (χ0v) is 6.60. The molecule has 0 saturated carbocycles. The number of halogens is 1. The average Bonchev–Trinajstić information content (AvgIpc) is 1.63. The number of hydrogen-bond donors (Lipinski definition) is 1. The van der Waals surface area contributed by atoms with Crippen LogP contribution in [0.15, 0.2) is 17.3 Å². The quantitative estimate of drug-likeness (QED) is 0.509.